The van der Waals surface area contributed by atoms with Crippen LogP contribution in [0.4, 0.5) is 0 Å². The van der Waals surface area contributed by atoms with Crippen LogP contribution < -0.4 is 5.32 Å². The van der Waals surface area contributed by atoms with Crippen LogP contribution in [0.2, 0.25) is 0 Å². The maximum atomic E-state index is 4.30. The van der Waals surface area contributed by atoms with Crippen molar-refractivity contribution in [3.05, 3.63) is 46.5 Å². The third-order valence-corrected chi connectivity index (χ3v) is 4.37. The molecule has 2 heterocycles. The van der Waals surface area contributed by atoms with Crippen LogP contribution in [0.3, 0.4) is 0 Å². The van der Waals surface area contributed by atoms with E-state index in [1.54, 1.807) is 0 Å². The second-order valence-electron chi connectivity index (χ2n) is 4.77. The van der Waals surface area contributed by atoms with E-state index in [2.05, 4.69) is 55.9 Å². The third kappa shape index (κ3) is 2.10. The lowest BCUT2D eigenvalue weighted by molar-refractivity contribution is 0.615. The number of hydrogen-bond donors (Lipinski definition) is 1. The maximum Gasteiger partial charge on any atom is 0.0994 e. The molecule has 1 fully saturated rings. The molecule has 0 amide bonds. The van der Waals surface area contributed by atoms with Gasteiger partial charge in [-0.15, -0.1) is 0 Å². The standard InChI is InChI=1S/C14H16BrN3/c1-10-4-5-11(7-12(10)15)18-9-16-8-14(18)13-3-2-6-17-13/h4-5,7-9,13,17H,2-3,6H2,1H3/t13-/m0/s1. The zero-order valence-electron chi connectivity index (χ0n) is 10.4. The minimum absolute atomic E-state index is 0.438. The summed E-state index contributed by atoms with van der Waals surface area (Å²) in [5.74, 6) is 0. The predicted octanol–water partition coefficient (Wildman–Crippen LogP) is 3.37. The van der Waals surface area contributed by atoms with Crippen molar-refractivity contribution < 1.29 is 0 Å². The molecular formula is C14H16BrN3. The Labute approximate surface area is 115 Å². The highest BCUT2D eigenvalue weighted by molar-refractivity contribution is 9.10. The second kappa shape index (κ2) is 4.86. The Hall–Kier alpha value is -1.13. The summed E-state index contributed by atoms with van der Waals surface area (Å²) in [6.45, 7) is 3.20. The van der Waals surface area contributed by atoms with Crippen molar-refractivity contribution in [2.45, 2.75) is 25.8 Å². The van der Waals surface area contributed by atoms with Crippen molar-refractivity contribution in [3.63, 3.8) is 0 Å². The molecule has 1 aliphatic heterocycles. The first kappa shape index (κ1) is 11.9. The van der Waals surface area contributed by atoms with E-state index in [9.17, 15) is 0 Å². The third-order valence-electron chi connectivity index (χ3n) is 3.52. The minimum atomic E-state index is 0.438. The lowest BCUT2D eigenvalue weighted by Gasteiger charge is -2.14. The quantitative estimate of drug-likeness (QED) is 0.922. The molecule has 18 heavy (non-hydrogen) atoms. The highest BCUT2D eigenvalue weighted by Gasteiger charge is 2.20. The van der Waals surface area contributed by atoms with E-state index < -0.39 is 0 Å². The molecule has 2 aromatic rings. The summed E-state index contributed by atoms with van der Waals surface area (Å²) in [6, 6.07) is 6.86. The van der Waals surface area contributed by atoms with Crippen LogP contribution in [0.1, 0.15) is 30.1 Å². The van der Waals surface area contributed by atoms with Crippen LogP contribution in [-0.4, -0.2) is 16.1 Å². The van der Waals surface area contributed by atoms with Crippen LogP contribution in [0.5, 0.6) is 0 Å². The molecule has 1 aromatic heterocycles. The molecule has 3 nitrogen and oxygen atoms in total. The number of imidazole rings is 1. The zero-order chi connectivity index (χ0) is 12.5. The highest BCUT2D eigenvalue weighted by atomic mass is 79.9. The van der Waals surface area contributed by atoms with Gasteiger partial charge in [0.05, 0.1) is 18.2 Å². The van der Waals surface area contributed by atoms with Gasteiger partial charge in [-0.25, -0.2) is 4.98 Å². The number of aryl methyl sites for hydroxylation is 1. The van der Waals surface area contributed by atoms with E-state index in [0.717, 1.165) is 16.7 Å². The lowest BCUT2D eigenvalue weighted by atomic mass is 10.1. The van der Waals surface area contributed by atoms with Crippen molar-refractivity contribution in [1.29, 1.82) is 0 Å². The molecule has 0 aliphatic carbocycles. The topological polar surface area (TPSA) is 29.9 Å². The minimum Gasteiger partial charge on any atom is -0.309 e. The summed E-state index contributed by atoms with van der Waals surface area (Å²) in [5, 5.41) is 3.52. The summed E-state index contributed by atoms with van der Waals surface area (Å²) < 4.78 is 3.31. The van der Waals surface area contributed by atoms with Gasteiger partial charge in [-0.2, -0.15) is 0 Å². The molecule has 1 N–H and O–H groups in total. The fourth-order valence-electron chi connectivity index (χ4n) is 2.45. The summed E-state index contributed by atoms with van der Waals surface area (Å²) >= 11 is 3.59. The number of nitrogens with one attached hydrogen (secondary N) is 1. The largest absolute Gasteiger partial charge is 0.309 e. The summed E-state index contributed by atoms with van der Waals surface area (Å²) in [5.41, 5.74) is 3.66. The van der Waals surface area contributed by atoms with E-state index in [1.165, 1.54) is 24.1 Å². The van der Waals surface area contributed by atoms with Crippen molar-refractivity contribution in [2.75, 3.05) is 6.54 Å². The summed E-state index contributed by atoms with van der Waals surface area (Å²) in [7, 11) is 0. The van der Waals surface area contributed by atoms with Gasteiger partial charge in [0, 0.05) is 16.2 Å². The van der Waals surface area contributed by atoms with Gasteiger partial charge in [-0.1, -0.05) is 22.0 Å². The fraction of sp³-hybridized carbons (Fsp3) is 0.357. The van der Waals surface area contributed by atoms with E-state index in [0.29, 0.717) is 6.04 Å². The van der Waals surface area contributed by atoms with Gasteiger partial charge >= 0.3 is 0 Å². The Bertz CT molecular complexity index is 556. The molecule has 1 atom stereocenters. The normalized spacial score (nSPS) is 19.3. The van der Waals surface area contributed by atoms with Gasteiger partial charge < -0.3 is 9.88 Å². The van der Waals surface area contributed by atoms with Crippen LogP contribution in [-0.2, 0) is 0 Å². The Kier molecular flexibility index (Phi) is 3.22. The van der Waals surface area contributed by atoms with Crippen LogP contribution in [0, 0.1) is 6.92 Å². The second-order valence-corrected chi connectivity index (χ2v) is 5.63. The van der Waals surface area contributed by atoms with Gasteiger partial charge in [0.1, 0.15) is 0 Å². The zero-order valence-corrected chi connectivity index (χ0v) is 11.9. The van der Waals surface area contributed by atoms with E-state index in [-0.39, 0.29) is 0 Å². The molecule has 1 saturated heterocycles. The molecule has 0 bridgehead atoms. The number of benzene rings is 1. The van der Waals surface area contributed by atoms with Crippen LogP contribution in [0.15, 0.2) is 35.2 Å². The van der Waals surface area contributed by atoms with Gasteiger partial charge in [0.15, 0.2) is 0 Å². The maximum absolute atomic E-state index is 4.30. The van der Waals surface area contributed by atoms with Gasteiger partial charge in [0.2, 0.25) is 0 Å². The average molecular weight is 306 g/mol. The predicted molar refractivity (Wildman–Crippen MR) is 76.0 cm³/mol. The van der Waals surface area contributed by atoms with Crippen molar-refractivity contribution in [1.82, 2.24) is 14.9 Å². The molecule has 0 spiro atoms. The van der Waals surface area contributed by atoms with Crippen LogP contribution in [0.25, 0.3) is 5.69 Å². The first-order valence-electron chi connectivity index (χ1n) is 6.28. The monoisotopic (exact) mass is 305 g/mol. The first-order chi connectivity index (χ1) is 8.75. The highest BCUT2D eigenvalue weighted by Crippen LogP contribution is 2.27. The van der Waals surface area contributed by atoms with E-state index >= 15 is 0 Å². The van der Waals surface area contributed by atoms with E-state index in [4.69, 9.17) is 0 Å². The Morgan fingerprint density at radius 3 is 3.06 bits per heavy atom. The molecule has 1 aromatic carbocycles. The average Bonchev–Trinajstić information content (AvgIpc) is 3.00. The fourth-order valence-corrected chi connectivity index (χ4v) is 2.81. The van der Waals surface area contributed by atoms with Gasteiger partial charge in [0.25, 0.3) is 0 Å². The Morgan fingerprint density at radius 2 is 2.33 bits per heavy atom. The molecule has 0 unspecified atom stereocenters. The van der Waals surface area contributed by atoms with Gasteiger partial charge in [-0.3, -0.25) is 0 Å². The summed E-state index contributed by atoms with van der Waals surface area (Å²) in [6.07, 6.45) is 6.30. The SMILES string of the molecule is Cc1ccc(-n2cncc2[C@@H]2CCCN2)cc1Br. The van der Waals surface area contributed by atoms with Crippen molar-refractivity contribution >= 4 is 15.9 Å². The smallest absolute Gasteiger partial charge is 0.0994 e. The first-order valence-corrected chi connectivity index (χ1v) is 7.07. The molecule has 0 saturated carbocycles. The number of halogens is 1. The van der Waals surface area contributed by atoms with Crippen LogP contribution >= 0.6 is 15.9 Å². The Morgan fingerprint density at radius 1 is 1.44 bits per heavy atom. The number of rotatable bonds is 2. The molecule has 3 rings (SSSR count). The number of nitrogens with zero attached hydrogens (tertiary/aromatic N) is 2. The van der Waals surface area contributed by atoms with Crippen molar-refractivity contribution in [3.8, 4) is 5.69 Å². The van der Waals surface area contributed by atoms with E-state index in [1.807, 2.05) is 12.5 Å². The summed E-state index contributed by atoms with van der Waals surface area (Å²) in [4.78, 5) is 4.30. The lowest BCUT2D eigenvalue weighted by Crippen LogP contribution is -2.16. The molecule has 4 heteroatoms. The molecular weight excluding hydrogens is 290 g/mol. The number of aromatic nitrogens is 2. The molecule has 94 valence electrons. The number of hydrogen-bond acceptors (Lipinski definition) is 2. The molecule has 1 aliphatic rings. The van der Waals surface area contributed by atoms with Crippen molar-refractivity contribution in [2.24, 2.45) is 0 Å². The molecule has 0 radical (unpaired) electrons. The van der Waals surface area contributed by atoms with Gasteiger partial charge in [-0.05, 0) is 44.0 Å². The Balaban J connectivity index is 2.00.